The summed E-state index contributed by atoms with van der Waals surface area (Å²) < 4.78 is 12.0. The molecule has 0 saturated carbocycles. The van der Waals surface area contributed by atoms with Crippen LogP contribution in [0.1, 0.15) is 16.2 Å². The van der Waals surface area contributed by atoms with Crippen LogP contribution in [-0.2, 0) is 6.61 Å². The van der Waals surface area contributed by atoms with E-state index in [4.69, 9.17) is 9.15 Å². The van der Waals surface area contributed by atoms with Gasteiger partial charge in [-0.15, -0.1) is 10.2 Å². The van der Waals surface area contributed by atoms with Crippen molar-refractivity contribution in [2.24, 2.45) is 0 Å². The van der Waals surface area contributed by atoms with Crippen molar-refractivity contribution >= 4 is 22.2 Å². The number of carbonyl (C=O) groups is 1. The fraction of sp³-hybridized carbons (Fsp3) is 0.0625. The van der Waals surface area contributed by atoms with Crippen LogP contribution in [-0.4, -0.2) is 16.5 Å². The van der Waals surface area contributed by atoms with Gasteiger partial charge in [-0.05, 0) is 40.2 Å². The lowest BCUT2D eigenvalue weighted by atomic mass is 10.2. The van der Waals surface area contributed by atoms with E-state index in [1.807, 2.05) is 24.3 Å². The summed E-state index contributed by atoms with van der Waals surface area (Å²) in [4.78, 5) is 10.7. The maximum atomic E-state index is 10.7. The van der Waals surface area contributed by atoms with E-state index in [0.29, 0.717) is 23.1 Å². The number of ether oxygens (including phenoxy) is 1. The number of aldehydes is 1. The Morgan fingerprint density at radius 2 is 2.00 bits per heavy atom. The second-order valence-electron chi connectivity index (χ2n) is 4.46. The van der Waals surface area contributed by atoms with Crippen LogP contribution in [0.5, 0.6) is 5.75 Å². The largest absolute Gasteiger partial charge is 0.484 e. The van der Waals surface area contributed by atoms with Crippen LogP contribution < -0.4 is 4.74 Å². The Kier molecular flexibility index (Phi) is 4.29. The monoisotopic (exact) mass is 358 g/mol. The first-order valence-corrected chi connectivity index (χ1v) is 7.31. The Bertz CT molecular complexity index is 801. The third-order valence-electron chi connectivity index (χ3n) is 2.93. The van der Waals surface area contributed by atoms with Gasteiger partial charge in [0.05, 0.1) is 5.56 Å². The molecule has 0 radical (unpaired) electrons. The van der Waals surface area contributed by atoms with Gasteiger partial charge in [0.1, 0.15) is 12.0 Å². The lowest BCUT2D eigenvalue weighted by Gasteiger charge is -2.03. The lowest BCUT2D eigenvalue weighted by Crippen LogP contribution is -1.96. The third-order valence-corrected chi connectivity index (χ3v) is 3.62. The van der Waals surface area contributed by atoms with Gasteiger partial charge in [0.2, 0.25) is 5.89 Å². The van der Waals surface area contributed by atoms with Gasteiger partial charge in [-0.25, -0.2) is 0 Å². The van der Waals surface area contributed by atoms with Crippen molar-refractivity contribution in [2.75, 3.05) is 0 Å². The Labute approximate surface area is 135 Å². The molecule has 2 aromatic carbocycles. The first-order chi connectivity index (χ1) is 10.8. The van der Waals surface area contributed by atoms with Gasteiger partial charge in [0.25, 0.3) is 5.89 Å². The minimum Gasteiger partial charge on any atom is -0.484 e. The van der Waals surface area contributed by atoms with Crippen molar-refractivity contribution in [3.8, 4) is 17.2 Å². The van der Waals surface area contributed by atoms with Gasteiger partial charge in [0, 0.05) is 10.0 Å². The summed E-state index contributed by atoms with van der Waals surface area (Å²) in [7, 11) is 0. The van der Waals surface area contributed by atoms with E-state index < -0.39 is 0 Å². The zero-order valence-electron chi connectivity index (χ0n) is 11.4. The summed E-state index contributed by atoms with van der Waals surface area (Å²) in [6.45, 7) is 0.139. The molecule has 0 fully saturated rings. The Balaban J connectivity index is 1.72. The number of halogens is 1. The SMILES string of the molecule is O=Cc1cccc(OCc2nnc(-c3ccccc3Br)o2)c1. The number of benzene rings is 2. The van der Waals surface area contributed by atoms with E-state index >= 15 is 0 Å². The highest BCUT2D eigenvalue weighted by molar-refractivity contribution is 9.10. The van der Waals surface area contributed by atoms with Gasteiger partial charge in [-0.1, -0.05) is 24.3 Å². The lowest BCUT2D eigenvalue weighted by molar-refractivity contribution is 0.112. The number of aromatic nitrogens is 2. The molecule has 22 heavy (non-hydrogen) atoms. The first-order valence-electron chi connectivity index (χ1n) is 6.51. The van der Waals surface area contributed by atoms with Crippen molar-refractivity contribution in [1.82, 2.24) is 10.2 Å². The Morgan fingerprint density at radius 3 is 2.82 bits per heavy atom. The molecular weight excluding hydrogens is 348 g/mol. The fourth-order valence-corrected chi connectivity index (χ4v) is 2.33. The molecule has 0 bridgehead atoms. The molecule has 0 aliphatic rings. The van der Waals surface area contributed by atoms with Crippen LogP contribution in [0.3, 0.4) is 0 Å². The molecule has 3 rings (SSSR count). The smallest absolute Gasteiger partial charge is 0.254 e. The van der Waals surface area contributed by atoms with Crippen LogP contribution in [0, 0.1) is 0 Å². The van der Waals surface area contributed by atoms with E-state index in [1.54, 1.807) is 24.3 Å². The predicted molar refractivity (Wildman–Crippen MR) is 83.6 cm³/mol. The number of rotatable bonds is 5. The summed E-state index contributed by atoms with van der Waals surface area (Å²) in [5.74, 6) is 1.36. The van der Waals surface area contributed by atoms with E-state index in [2.05, 4.69) is 26.1 Å². The van der Waals surface area contributed by atoms with Crippen LogP contribution in [0.2, 0.25) is 0 Å². The summed E-state index contributed by atoms with van der Waals surface area (Å²) >= 11 is 3.44. The first kappa shape index (κ1) is 14.5. The Morgan fingerprint density at radius 1 is 1.14 bits per heavy atom. The van der Waals surface area contributed by atoms with E-state index in [9.17, 15) is 4.79 Å². The maximum Gasteiger partial charge on any atom is 0.254 e. The Hall–Kier alpha value is -2.47. The van der Waals surface area contributed by atoms with Crippen molar-refractivity contribution in [2.45, 2.75) is 6.61 Å². The summed E-state index contributed by atoms with van der Waals surface area (Å²) in [6.07, 6.45) is 0.768. The minimum absolute atomic E-state index is 0.139. The molecule has 0 saturated heterocycles. The van der Waals surface area contributed by atoms with Crippen LogP contribution in [0.25, 0.3) is 11.5 Å². The molecule has 110 valence electrons. The van der Waals surface area contributed by atoms with Gasteiger partial charge in [-0.3, -0.25) is 4.79 Å². The second kappa shape index (κ2) is 6.53. The molecule has 0 unspecified atom stereocenters. The highest BCUT2D eigenvalue weighted by Crippen LogP contribution is 2.26. The van der Waals surface area contributed by atoms with Crippen molar-refractivity contribution < 1.29 is 13.9 Å². The third kappa shape index (κ3) is 3.23. The van der Waals surface area contributed by atoms with Gasteiger partial charge in [0.15, 0.2) is 6.61 Å². The molecule has 0 aliphatic carbocycles. The highest BCUT2D eigenvalue weighted by Gasteiger charge is 2.11. The molecule has 3 aromatic rings. The molecule has 1 aromatic heterocycles. The average Bonchev–Trinajstić information content (AvgIpc) is 3.02. The standard InChI is InChI=1S/C16H11BrN2O3/c17-14-7-2-1-6-13(14)16-19-18-15(22-16)10-21-12-5-3-4-11(8-12)9-20/h1-9H,10H2. The van der Waals surface area contributed by atoms with E-state index in [0.717, 1.165) is 16.3 Å². The fourth-order valence-electron chi connectivity index (χ4n) is 1.88. The van der Waals surface area contributed by atoms with E-state index in [-0.39, 0.29) is 6.61 Å². The van der Waals surface area contributed by atoms with Crippen molar-refractivity contribution in [1.29, 1.82) is 0 Å². The minimum atomic E-state index is 0.139. The van der Waals surface area contributed by atoms with Crippen molar-refractivity contribution in [3.63, 3.8) is 0 Å². The number of carbonyl (C=O) groups excluding carboxylic acids is 1. The predicted octanol–water partition coefficient (Wildman–Crippen LogP) is 3.89. The van der Waals surface area contributed by atoms with Crippen LogP contribution >= 0.6 is 15.9 Å². The molecule has 0 aliphatic heterocycles. The van der Waals surface area contributed by atoms with Crippen LogP contribution in [0.15, 0.2) is 57.4 Å². The summed E-state index contributed by atoms with van der Waals surface area (Å²) in [5, 5.41) is 7.97. The zero-order chi connectivity index (χ0) is 15.4. The molecule has 0 amide bonds. The molecule has 5 nitrogen and oxygen atoms in total. The maximum absolute atomic E-state index is 10.7. The number of hydrogen-bond donors (Lipinski definition) is 0. The van der Waals surface area contributed by atoms with Crippen molar-refractivity contribution in [3.05, 3.63) is 64.5 Å². The van der Waals surface area contributed by atoms with Crippen LogP contribution in [0.4, 0.5) is 0 Å². The average molecular weight is 359 g/mol. The molecular formula is C16H11BrN2O3. The van der Waals surface area contributed by atoms with Gasteiger partial charge >= 0.3 is 0 Å². The normalized spacial score (nSPS) is 10.4. The second-order valence-corrected chi connectivity index (χ2v) is 5.31. The van der Waals surface area contributed by atoms with E-state index in [1.165, 1.54) is 0 Å². The summed E-state index contributed by atoms with van der Waals surface area (Å²) in [6, 6.07) is 14.5. The van der Waals surface area contributed by atoms with Gasteiger partial charge < -0.3 is 9.15 Å². The zero-order valence-corrected chi connectivity index (χ0v) is 13.0. The molecule has 0 spiro atoms. The van der Waals surface area contributed by atoms with Gasteiger partial charge in [-0.2, -0.15) is 0 Å². The quantitative estimate of drug-likeness (QED) is 0.647. The molecule has 6 heteroatoms. The molecule has 1 heterocycles. The number of hydrogen-bond acceptors (Lipinski definition) is 5. The topological polar surface area (TPSA) is 65.2 Å². The number of nitrogens with zero attached hydrogens (tertiary/aromatic N) is 2. The molecule has 0 N–H and O–H groups in total. The summed E-state index contributed by atoms with van der Waals surface area (Å²) in [5.41, 5.74) is 1.38. The highest BCUT2D eigenvalue weighted by atomic mass is 79.9. The molecule has 0 atom stereocenters.